The molecule has 1 aliphatic carbocycles. The zero-order valence-electron chi connectivity index (χ0n) is 18.5. The fourth-order valence-corrected chi connectivity index (χ4v) is 6.31. The van der Waals surface area contributed by atoms with E-state index in [1.165, 1.54) is 23.3 Å². The van der Waals surface area contributed by atoms with Gasteiger partial charge in [0.1, 0.15) is 4.83 Å². The molecule has 1 saturated heterocycles. The van der Waals surface area contributed by atoms with Gasteiger partial charge in [-0.15, -0.1) is 11.3 Å². The second-order valence-electron chi connectivity index (χ2n) is 8.80. The predicted octanol–water partition coefficient (Wildman–Crippen LogP) is 4.33. The Balaban J connectivity index is 1.72. The lowest BCUT2D eigenvalue weighted by atomic mass is 9.96. The quantitative estimate of drug-likeness (QED) is 0.459. The molecule has 1 fully saturated rings. The van der Waals surface area contributed by atoms with E-state index >= 15 is 0 Å². The summed E-state index contributed by atoms with van der Waals surface area (Å²) in [5.74, 6) is 0.706. The molecule has 6 rings (SSSR count). The Morgan fingerprint density at radius 2 is 1.72 bits per heavy atom. The molecule has 164 valence electrons. The summed E-state index contributed by atoms with van der Waals surface area (Å²) in [4.78, 5) is 28.8. The highest BCUT2D eigenvalue weighted by atomic mass is 32.1. The Kier molecular flexibility index (Phi) is 4.77. The van der Waals surface area contributed by atoms with E-state index in [1.54, 1.807) is 15.9 Å². The average Bonchev–Trinajstić information content (AvgIpc) is 3.18. The standard InChI is InChI=1S/C25H26N4O2S/c1-15-7-9-17(10-8-15)29-24(30)20-16(2)26-23-21(18-5-3-4-6-19(18)32-23)22(20)27-25(29)28-11-13-31-14-12-28/h7-10H,3-6,11-14H2,1-2H3. The number of fused-ring (bicyclic) bond motifs is 5. The van der Waals surface area contributed by atoms with Crippen molar-refractivity contribution in [1.29, 1.82) is 0 Å². The summed E-state index contributed by atoms with van der Waals surface area (Å²) < 4.78 is 7.36. The normalized spacial score (nSPS) is 16.6. The Bertz CT molecular complexity index is 1400. The lowest BCUT2D eigenvalue weighted by Gasteiger charge is -2.30. The second-order valence-corrected chi connectivity index (χ2v) is 9.88. The number of aryl methyl sites for hydroxylation is 4. The molecular weight excluding hydrogens is 420 g/mol. The van der Waals surface area contributed by atoms with Crippen LogP contribution in [0.15, 0.2) is 29.1 Å². The molecule has 0 saturated carbocycles. The van der Waals surface area contributed by atoms with E-state index in [1.807, 2.05) is 31.2 Å². The Labute approximate surface area is 190 Å². The number of anilines is 1. The number of ether oxygens (including phenoxy) is 1. The van der Waals surface area contributed by atoms with E-state index in [4.69, 9.17) is 14.7 Å². The molecular formula is C25H26N4O2S. The second kappa shape index (κ2) is 7.67. The van der Waals surface area contributed by atoms with Gasteiger partial charge in [0.2, 0.25) is 5.95 Å². The van der Waals surface area contributed by atoms with Crippen molar-refractivity contribution in [2.24, 2.45) is 0 Å². The molecule has 0 amide bonds. The smallest absolute Gasteiger partial charge is 0.269 e. The van der Waals surface area contributed by atoms with Gasteiger partial charge in [-0.05, 0) is 57.2 Å². The number of nitrogens with zero attached hydrogens (tertiary/aromatic N) is 4. The van der Waals surface area contributed by atoms with E-state index in [2.05, 4.69) is 11.8 Å². The molecule has 32 heavy (non-hydrogen) atoms. The summed E-state index contributed by atoms with van der Waals surface area (Å²) in [6, 6.07) is 8.08. The molecule has 7 heteroatoms. The van der Waals surface area contributed by atoms with Crippen LogP contribution in [0.4, 0.5) is 5.95 Å². The van der Waals surface area contributed by atoms with Crippen LogP contribution in [0.25, 0.3) is 26.8 Å². The van der Waals surface area contributed by atoms with E-state index in [-0.39, 0.29) is 5.56 Å². The van der Waals surface area contributed by atoms with Gasteiger partial charge in [-0.3, -0.25) is 4.79 Å². The van der Waals surface area contributed by atoms with Crippen LogP contribution in [0.1, 0.15) is 34.5 Å². The van der Waals surface area contributed by atoms with Crippen molar-refractivity contribution in [3.05, 3.63) is 56.3 Å². The van der Waals surface area contributed by atoms with Gasteiger partial charge >= 0.3 is 0 Å². The lowest BCUT2D eigenvalue weighted by molar-refractivity contribution is 0.122. The summed E-state index contributed by atoms with van der Waals surface area (Å²) in [7, 11) is 0. The number of rotatable bonds is 2. The molecule has 0 radical (unpaired) electrons. The largest absolute Gasteiger partial charge is 0.378 e. The fourth-order valence-electron chi connectivity index (χ4n) is 5.00. The maximum Gasteiger partial charge on any atom is 0.269 e. The van der Waals surface area contributed by atoms with Crippen molar-refractivity contribution in [3.63, 3.8) is 0 Å². The van der Waals surface area contributed by atoms with E-state index in [0.29, 0.717) is 24.5 Å². The van der Waals surface area contributed by atoms with Crippen LogP contribution in [-0.2, 0) is 17.6 Å². The molecule has 4 heterocycles. The molecule has 0 spiro atoms. The number of hydrogen-bond acceptors (Lipinski definition) is 6. The number of pyridine rings is 1. The van der Waals surface area contributed by atoms with Crippen LogP contribution >= 0.6 is 11.3 Å². The van der Waals surface area contributed by atoms with Crippen LogP contribution in [0, 0.1) is 13.8 Å². The van der Waals surface area contributed by atoms with Crippen molar-refractivity contribution in [2.45, 2.75) is 39.5 Å². The van der Waals surface area contributed by atoms with Crippen molar-refractivity contribution in [3.8, 4) is 5.69 Å². The molecule has 1 aromatic carbocycles. The topological polar surface area (TPSA) is 60.2 Å². The summed E-state index contributed by atoms with van der Waals surface area (Å²) in [5, 5.41) is 1.74. The van der Waals surface area contributed by atoms with Crippen LogP contribution < -0.4 is 10.5 Å². The number of aromatic nitrogens is 3. The number of thiophene rings is 1. The minimum Gasteiger partial charge on any atom is -0.378 e. The molecule has 0 N–H and O–H groups in total. The van der Waals surface area contributed by atoms with Crippen LogP contribution in [-0.4, -0.2) is 40.8 Å². The highest BCUT2D eigenvalue weighted by Crippen LogP contribution is 2.39. The van der Waals surface area contributed by atoms with Gasteiger partial charge in [0, 0.05) is 23.4 Å². The zero-order chi connectivity index (χ0) is 21.8. The molecule has 4 aromatic rings. The van der Waals surface area contributed by atoms with Gasteiger partial charge in [0.25, 0.3) is 5.56 Å². The predicted molar refractivity (Wildman–Crippen MR) is 130 cm³/mol. The van der Waals surface area contributed by atoms with Crippen molar-refractivity contribution < 1.29 is 4.74 Å². The first-order valence-electron chi connectivity index (χ1n) is 11.4. The fraction of sp³-hybridized carbons (Fsp3) is 0.400. The molecule has 0 bridgehead atoms. The summed E-state index contributed by atoms with van der Waals surface area (Å²) in [6.07, 6.45) is 4.56. The van der Waals surface area contributed by atoms with Crippen molar-refractivity contribution >= 4 is 38.4 Å². The molecule has 0 atom stereocenters. The summed E-state index contributed by atoms with van der Waals surface area (Å²) in [5.41, 5.74) is 4.90. The third kappa shape index (κ3) is 3.06. The Morgan fingerprint density at radius 3 is 2.50 bits per heavy atom. The molecule has 1 aliphatic heterocycles. The van der Waals surface area contributed by atoms with Crippen molar-refractivity contribution in [2.75, 3.05) is 31.2 Å². The highest BCUT2D eigenvalue weighted by molar-refractivity contribution is 7.19. The SMILES string of the molecule is Cc1ccc(-n2c(N3CCOCC3)nc3c(c(C)nc4sc5c(c43)CCCC5)c2=O)cc1. The maximum absolute atomic E-state index is 14.1. The van der Waals surface area contributed by atoms with Gasteiger partial charge in [0.05, 0.1) is 35.5 Å². The zero-order valence-corrected chi connectivity index (χ0v) is 19.3. The molecule has 6 nitrogen and oxygen atoms in total. The van der Waals surface area contributed by atoms with E-state index in [9.17, 15) is 4.79 Å². The van der Waals surface area contributed by atoms with Gasteiger partial charge in [0.15, 0.2) is 0 Å². The van der Waals surface area contributed by atoms with Gasteiger partial charge in [-0.1, -0.05) is 17.7 Å². The number of benzene rings is 1. The van der Waals surface area contributed by atoms with Crippen molar-refractivity contribution in [1.82, 2.24) is 14.5 Å². The van der Waals surface area contributed by atoms with Gasteiger partial charge in [-0.25, -0.2) is 14.5 Å². The van der Waals surface area contributed by atoms with Crippen LogP contribution in [0.5, 0.6) is 0 Å². The van der Waals surface area contributed by atoms with Gasteiger partial charge in [-0.2, -0.15) is 0 Å². The molecule has 2 aliphatic rings. The monoisotopic (exact) mass is 446 g/mol. The van der Waals surface area contributed by atoms with Crippen LogP contribution in [0.3, 0.4) is 0 Å². The minimum atomic E-state index is -0.0389. The Morgan fingerprint density at radius 1 is 0.969 bits per heavy atom. The highest BCUT2D eigenvalue weighted by Gasteiger charge is 2.26. The summed E-state index contributed by atoms with van der Waals surface area (Å²) >= 11 is 1.78. The Hall–Kier alpha value is -2.77. The molecule has 0 unspecified atom stereocenters. The first-order valence-corrected chi connectivity index (χ1v) is 12.2. The number of morpholine rings is 1. The lowest BCUT2D eigenvalue weighted by Crippen LogP contribution is -2.40. The van der Waals surface area contributed by atoms with Gasteiger partial charge < -0.3 is 9.64 Å². The molecule has 3 aromatic heterocycles. The number of hydrogen-bond donors (Lipinski definition) is 0. The van der Waals surface area contributed by atoms with E-state index < -0.39 is 0 Å². The first kappa shape index (κ1) is 19.9. The van der Waals surface area contributed by atoms with E-state index in [0.717, 1.165) is 58.6 Å². The maximum atomic E-state index is 14.1. The third-order valence-corrected chi connectivity index (χ3v) is 7.86. The summed E-state index contributed by atoms with van der Waals surface area (Å²) in [6.45, 7) is 6.72. The third-order valence-electron chi connectivity index (χ3n) is 6.67. The first-order chi connectivity index (χ1) is 15.6. The van der Waals surface area contributed by atoms with Crippen LogP contribution in [0.2, 0.25) is 0 Å². The average molecular weight is 447 g/mol. The minimum absolute atomic E-state index is 0.0389.